The molecule has 0 spiro atoms. The van der Waals surface area contributed by atoms with Crippen molar-refractivity contribution in [3.8, 4) is 12.3 Å². The zero-order valence-electron chi connectivity index (χ0n) is 9.29. The van der Waals surface area contributed by atoms with E-state index in [0.29, 0.717) is 0 Å². The zero-order valence-corrected chi connectivity index (χ0v) is 9.29. The molecular weight excluding hydrogens is 182 g/mol. The predicted molar refractivity (Wildman–Crippen MR) is 63.6 cm³/mol. The van der Waals surface area contributed by atoms with Gasteiger partial charge in [-0.3, -0.25) is 4.90 Å². The van der Waals surface area contributed by atoms with E-state index >= 15 is 0 Å². The van der Waals surface area contributed by atoms with Crippen LogP contribution in [0.4, 0.5) is 0 Å². The fourth-order valence-corrected chi connectivity index (χ4v) is 2.25. The number of hydrogen-bond acceptors (Lipinski definition) is 1. The number of rotatable bonds is 3. The maximum atomic E-state index is 5.28. The van der Waals surface area contributed by atoms with Crippen molar-refractivity contribution in [1.82, 2.24) is 4.90 Å². The first-order valence-electron chi connectivity index (χ1n) is 5.52. The number of fused-ring (bicyclic) bond motifs is 1. The molecule has 0 aliphatic heterocycles. The molecule has 0 N–H and O–H groups in total. The van der Waals surface area contributed by atoms with Crippen LogP contribution in [0.15, 0.2) is 18.2 Å². The fourth-order valence-electron chi connectivity index (χ4n) is 2.25. The van der Waals surface area contributed by atoms with Crippen molar-refractivity contribution >= 4 is 0 Å². The molecule has 1 heteroatoms. The van der Waals surface area contributed by atoms with Crippen molar-refractivity contribution in [3.63, 3.8) is 0 Å². The molecule has 1 aromatic carbocycles. The molecule has 0 saturated carbocycles. The number of terminal acetylenes is 1. The summed E-state index contributed by atoms with van der Waals surface area (Å²) in [5, 5.41) is 0. The lowest BCUT2D eigenvalue weighted by molar-refractivity contribution is 0.369. The smallest absolute Gasteiger partial charge is 0.0599 e. The van der Waals surface area contributed by atoms with Gasteiger partial charge >= 0.3 is 0 Å². The van der Waals surface area contributed by atoms with Gasteiger partial charge in [-0.05, 0) is 43.0 Å². The summed E-state index contributed by atoms with van der Waals surface area (Å²) >= 11 is 0. The lowest BCUT2D eigenvalue weighted by Gasteiger charge is -2.13. The third-order valence-electron chi connectivity index (χ3n) is 2.98. The summed E-state index contributed by atoms with van der Waals surface area (Å²) in [6.07, 6.45) is 9.11. The van der Waals surface area contributed by atoms with Crippen LogP contribution in [0.5, 0.6) is 0 Å². The van der Waals surface area contributed by atoms with Gasteiger partial charge in [0.1, 0.15) is 0 Å². The van der Waals surface area contributed by atoms with Gasteiger partial charge in [0, 0.05) is 6.54 Å². The van der Waals surface area contributed by atoms with Gasteiger partial charge in [0.15, 0.2) is 0 Å². The van der Waals surface area contributed by atoms with Gasteiger partial charge in [-0.25, -0.2) is 0 Å². The van der Waals surface area contributed by atoms with Crippen molar-refractivity contribution in [2.24, 2.45) is 0 Å². The molecule has 15 heavy (non-hydrogen) atoms. The van der Waals surface area contributed by atoms with Gasteiger partial charge in [-0.2, -0.15) is 0 Å². The zero-order chi connectivity index (χ0) is 10.7. The average Bonchev–Trinajstić information content (AvgIpc) is 2.65. The Balaban J connectivity index is 2.07. The summed E-state index contributed by atoms with van der Waals surface area (Å²) in [7, 11) is 2.06. The SMILES string of the molecule is C#CCN(C)Cc1ccc2c(c1)CCC2. The maximum absolute atomic E-state index is 5.28. The highest BCUT2D eigenvalue weighted by atomic mass is 15.1. The highest BCUT2D eigenvalue weighted by Gasteiger charge is 2.10. The second kappa shape index (κ2) is 4.51. The van der Waals surface area contributed by atoms with Gasteiger partial charge in [0.25, 0.3) is 0 Å². The Bertz CT molecular complexity index is 387. The highest BCUT2D eigenvalue weighted by Crippen LogP contribution is 2.23. The number of benzene rings is 1. The molecule has 1 aliphatic carbocycles. The van der Waals surface area contributed by atoms with Crippen LogP contribution >= 0.6 is 0 Å². The number of aryl methyl sites for hydroxylation is 2. The Morgan fingerprint density at radius 2 is 2.13 bits per heavy atom. The van der Waals surface area contributed by atoms with Crippen molar-refractivity contribution in [2.45, 2.75) is 25.8 Å². The van der Waals surface area contributed by atoms with Crippen molar-refractivity contribution in [3.05, 3.63) is 34.9 Å². The minimum atomic E-state index is 0.719. The first-order chi connectivity index (χ1) is 7.29. The number of hydrogen-bond donors (Lipinski definition) is 0. The second-order valence-corrected chi connectivity index (χ2v) is 4.33. The van der Waals surface area contributed by atoms with Gasteiger partial charge in [0.05, 0.1) is 6.54 Å². The largest absolute Gasteiger partial charge is 0.291 e. The Kier molecular flexibility index (Phi) is 3.08. The summed E-state index contributed by atoms with van der Waals surface area (Å²) in [5.74, 6) is 2.67. The lowest BCUT2D eigenvalue weighted by atomic mass is 10.1. The molecule has 0 aromatic heterocycles. The van der Waals surface area contributed by atoms with E-state index in [2.05, 4.69) is 36.1 Å². The molecule has 78 valence electrons. The molecule has 0 bridgehead atoms. The molecule has 0 radical (unpaired) electrons. The van der Waals surface area contributed by atoms with Crippen LogP contribution < -0.4 is 0 Å². The maximum Gasteiger partial charge on any atom is 0.0599 e. The Labute approximate surface area is 92.1 Å². The molecule has 0 atom stereocenters. The normalized spacial score (nSPS) is 13.9. The van der Waals surface area contributed by atoms with Crippen LogP contribution in [0.25, 0.3) is 0 Å². The molecule has 0 saturated heterocycles. The molecule has 0 heterocycles. The topological polar surface area (TPSA) is 3.24 Å². The van der Waals surface area contributed by atoms with Gasteiger partial charge in [0.2, 0.25) is 0 Å². The third kappa shape index (κ3) is 2.40. The van der Waals surface area contributed by atoms with E-state index in [-0.39, 0.29) is 0 Å². The van der Waals surface area contributed by atoms with Crippen molar-refractivity contribution in [1.29, 1.82) is 0 Å². The molecule has 1 nitrogen and oxygen atoms in total. The van der Waals surface area contributed by atoms with Gasteiger partial charge in [-0.1, -0.05) is 24.1 Å². The second-order valence-electron chi connectivity index (χ2n) is 4.33. The Hall–Kier alpha value is -1.26. The van der Waals surface area contributed by atoms with Crippen molar-refractivity contribution in [2.75, 3.05) is 13.6 Å². The molecule has 0 amide bonds. The number of nitrogens with zero attached hydrogens (tertiary/aromatic N) is 1. The van der Waals surface area contributed by atoms with Crippen molar-refractivity contribution < 1.29 is 0 Å². The van der Waals surface area contributed by atoms with E-state index in [1.165, 1.54) is 24.8 Å². The van der Waals surface area contributed by atoms with E-state index in [1.807, 2.05) is 0 Å². The predicted octanol–water partition coefficient (Wildman–Crippen LogP) is 2.24. The van der Waals surface area contributed by atoms with Crippen LogP contribution in [0, 0.1) is 12.3 Å². The fraction of sp³-hybridized carbons (Fsp3) is 0.429. The van der Waals surface area contributed by atoms with Gasteiger partial charge in [-0.15, -0.1) is 6.42 Å². The Morgan fingerprint density at radius 1 is 1.33 bits per heavy atom. The van der Waals surface area contributed by atoms with E-state index in [0.717, 1.165) is 13.1 Å². The van der Waals surface area contributed by atoms with Crippen LogP contribution in [0.2, 0.25) is 0 Å². The average molecular weight is 199 g/mol. The monoisotopic (exact) mass is 199 g/mol. The lowest BCUT2D eigenvalue weighted by Crippen LogP contribution is -2.17. The highest BCUT2D eigenvalue weighted by molar-refractivity contribution is 5.35. The quantitative estimate of drug-likeness (QED) is 0.675. The minimum absolute atomic E-state index is 0.719. The summed E-state index contributed by atoms with van der Waals surface area (Å²) in [6.45, 7) is 1.68. The third-order valence-corrected chi connectivity index (χ3v) is 2.98. The first kappa shape index (κ1) is 10.3. The van der Waals surface area contributed by atoms with Crippen LogP contribution in [0.3, 0.4) is 0 Å². The van der Waals surface area contributed by atoms with E-state index < -0.39 is 0 Å². The van der Waals surface area contributed by atoms with Gasteiger partial charge < -0.3 is 0 Å². The molecule has 0 unspecified atom stereocenters. The van der Waals surface area contributed by atoms with E-state index in [1.54, 1.807) is 11.1 Å². The molecule has 1 aromatic rings. The summed E-state index contributed by atoms with van der Waals surface area (Å²) in [4.78, 5) is 2.16. The van der Waals surface area contributed by atoms with E-state index in [9.17, 15) is 0 Å². The summed E-state index contributed by atoms with van der Waals surface area (Å²) < 4.78 is 0. The Morgan fingerprint density at radius 3 is 2.93 bits per heavy atom. The summed E-state index contributed by atoms with van der Waals surface area (Å²) in [6, 6.07) is 6.86. The molecule has 2 rings (SSSR count). The molecular formula is C14H17N. The molecule has 0 fully saturated rings. The first-order valence-corrected chi connectivity index (χ1v) is 5.52. The standard InChI is InChI=1S/C14H17N/c1-3-9-15(2)11-12-7-8-13-5-4-6-14(13)10-12/h1,7-8,10H,4-6,9,11H2,2H3. The van der Waals surface area contributed by atoms with E-state index in [4.69, 9.17) is 6.42 Å². The van der Waals surface area contributed by atoms with Crippen LogP contribution in [-0.4, -0.2) is 18.5 Å². The van der Waals surface area contributed by atoms with Crippen LogP contribution in [-0.2, 0) is 19.4 Å². The summed E-state index contributed by atoms with van der Waals surface area (Å²) in [5.41, 5.74) is 4.47. The molecule has 1 aliphatic rings. The minimum Gasteiger partial charge on any atom is -0.291 e. The van der Waals surface area contributed by atoms with Crippen LogP contribution in [0.1, 0.15) is 23.1 Å².